The summed E-state index contributed by atoms with van der Waals surface area (Å²) in [5.74, 6) is 0.598. The van der Waals surface area contributed by atoms with Gasteiger partial charge in [-0.3, -0.25) is 0 Å². The standard InChI is InChI=1S/C14H16BrN5O3/c1-3-4-7-22-13(21)11-8(2)16-14-17-18-19-20(14)12(11)9-5-6-10(15)23-9/h5-6,12H,3-4,7H2,1-2H3,(H,16,17,19). The van der Waals surface area contributed by atoms with E-state index >= 15 is 0 Å². The van der Waals surface area contributed by atoms with Gasteiger partial charge in [-0.05, 0) is 51.8 Å². The molecule has 9 heteroatoms. The fraction of sp³-hybridized carbons (Fsp3) is 0.429. The molecular weight excluding hydrogens is 366 g/mol. The molecule has 3 rings (SSSR count). The topological polar surface area (TPSA) is 95.1 Å². The van der Waals surface area contributed by atoms with Crippen LogP contribution in [0.1, 0.15) is 38.5 Å². The van der Waals surface area contributed by atoms with Gasteiger partial charge < -0.3 is 14.5 Å². The zero-order valence-electron chi connectivity index (χ0n) is 12.7. The number of nitrogens with zero attached hydrogens (tertiary/aromatic N) is 4. The summed E-state index contributed by atoms with van der Waals surface area (Å²) >= 11 is 3.28. The minimum atomic E-state index is -0.568. The van der Waals surface area contributed by atoms with Crippen LogP contribution in [-0.2, 0) is 9.53 Å². The molecule has 2 aromatic rings. The van der Waals surface area contributed by atoms with Crippen molar-refractivity contribution < 1.29 is 13.9 Å². The second-order valence-corrected chi connectivity index (χ2v) is 5.93. The highest BCUT2D eigenvalue weighted by Gasteiger charge is 2.36. The smallest absolute Gasteiger partial charge is 0.338 e. The van der Waals surface area contributed by atoms with Crippen molar-refractivity contribution in [2.45, 2.75) is 32.7 Å². The van der Waals surface area contributed by atoms with E-state index in [0.717, 1.165) is 12.8 Å². The Morgan fingerprint density at radius 3 is 3.04 bits per heavy atom. The van der Waals surface area contributed by atoms with Gasteiger partial charge in [-0.1, -0.05) is 18.4 Å². The number of hydrogen-bond donors (Lipinski definition) is 1. The number of aromatic nitrogens is 4. The fourth-order valence-corrected chi connectivity index (χ4v) is 2.72. The Morgan fingerprint density at radius 2 is 2.35 bits per heavy atom. The number of carbonyl (C=O) groups excluding carboxylic acids is 1. The van der Waals surface area contributed by atoms with Gasteiger partial charge in [0.05, 0.1) is 12.2 Å². The molecule has 8 nitrogen and oxygen atoms in total. The SMILES string of the molecule is CCCCOC(=O)C1=C(C)Nc2nnnn2C1c1ccc(Br)o1. The summed E-state index contributed by atoms with van der Waals surface area (Å²) < 4.78 is 13.1. The van der Waals surface area contributed by atoms with Crippen molar-refractivity contribution in [2.75, 3.05) is 11.9 Å². The molecule has 0 aliphatic carbocycles. The van der Waals surface area contributed by atoms with Gasteiger partial charge in [-0.25, -0.2) is 4.79 Å². The van der Waals surface area contributed by atoms with Crippen LogP contribution >= 0.6 is 15.9 Å². The van der Waals surface area contributed by atoms with Crippen LogP contribution in [0.25, 0.3) is 0 Å². The molecule has 2 aromatic heterocycles. The Morgan fingerprint density at radius 1 is 1.52 bits per heavy atom. The summed E-state index contributed by atoms with van der Waals surface area (Å²) in [5, 5.41) is 14.6. The van der Waals surface area contributed by atoms with Crippen molar-refractivity contribution in [1.82, 2.24) is 20.2 Å². The van der Waals surface area contributed by atoms with Gasteiger partial charge >= 0.3 is 5.97 Å². The van der Waals surface area contributed by atoms with Crippen LogP contribution in [0.15, 0.2) is 32.5 Å². The molecule has 0 bridgehead atoms. The molecule has 0 amide bonds. The first-order chi connectivity index (χ1) is 11.1. The van der Waals surface area contributed by atoms with Crippen LogP contribution in [-0.4, -0.2) is 32.8 Å². The van der Waals surface area contributed by atoms with Crippen molar-refractivity contribution in [3.8, 4) is 0 Å². The third kappa shape index (κ3) is 3.00. The zero-order chi connectivity index (χ0) is 16.4. The van der Waals surface area contributed by atoms with Crippen molar-refractivity contribution in [1.29, 1.82) is 0 Å². The first-order valence-electron chi connectivity index (χ1n) is 7.29. The predicted octanol–water partition coefficient (Wildman–Crippen LogP) is 2.66. The van der Waals surface area contributed by atoms with Crippen molar-refractivity contribution in [2.24, 2.45) is 0 Å². The molecule has 0 aromatic carbocycles. The van der Waals surface area contributed by atoms with E-state index in [1.807, 2.05) is 6.92 Å². The number of carbonyl (C=O) groups is 1. The monoisotopic (exact) mass is 381 g/mol. The number of anilines is 1. The lowest BCUT2D eigenvalue weighted by molar-refractivity contribution is -0.139. The molecule has 0 saturated carbocycles. The number of allylic oxidation sites excluding steroid dienone is 1. The lowest BCUT2D eigenvalue weighted by Crippen LogP contribution is -2.29. The normalized spacial score (nSPS) is 16.9. The molecule has 0 saturated heterocycles. The minimum absolute atomic E-state index is 0.378. The number of fused-ring (bicyclic) bond motifs is 1. The number of furan rings is 1. The third-order valence-corrected chi connectivity index (χ3v) is 3.95. The number of unbranched alkanes of at least 4 members (excludes halogenated alkanes) is 1. The van der Waals surface area contributed by atoms with Crippen LogP contribution in [0.5, 0.6) is 0 Å². The summed E-state index contributed by atoms with van der Waals surface area (Å²) in [6, 6.07) is 2.97. The molecule has 1 atom stereocenters. The van der Waals surface area contributed by atoms with E-state index in [1.165, 1.54) is 4.68 Å². The average Bonchev–Trinajstić information content (AvgIpc) is 3.14. The minimum Gasteiger partial charge on any atom is -0.462 e. The Labute approximate surface area is 141 Å². The van der Waals surface area contributed by atoms with Crippen LogP contribution in [0.2, 0.25) is 0 Å². The number of halogens is 1. The van der Waals surface area contributed by atoms with E-state index in [0.29, 0.717) is 34.3 Å². The van der Waals surface area contributed by atoms with Gasteiger partial charge in [-0.2, -0.15) is 4.68 Å². The average molecular weight is 382 g/mol. The predicted molar refractivity (Wildman–Crippen MR) is 84.6 cm³/mol. The molecule has 23 heavy (non-hydrogen) atoms. The van der Waals surface area contributed by atoms with E-state index < -0.39 is 12.0 Å². The molecule has 1 aliphatic heterocycles. The number of esters is 1. The first-order valence-corrected chi connectivity index (χ1v) is 8.09. The van der Waals surface area contributed by atoms with E-state index in [1.54, 1.807) is 19.1 Å². The number of nitrogens with one attached hydrogen (secondary N) is 1. The number of tetrazole rings is 1. The van der Waals surface area contributed by atoms with Crippen LogP contribution in [0, 0.1) is 0 Å². The Hall–Kier alpha value is -2.16. The zero-order valence-corrected chi connectivity index (χ0v) is 14.3. The second kappa shape index (κ2) is 6.53. The highest BCUT2D eigenvalue weighted by Crippen LogP contribution is 2.36. The number of ether oxygens (including phenoxy) is 1. The summed E-state index contributed by atoms with van der Waals surface area (Å²) in [4.78, 5) is 12.6. The Kier molecular flexibility index (Phi) is 4.46. The van der Waals surface area contributed by atoms with Crippen molar-refractivity contribution in [3.05, 3.63) is 33.8 Å². The maximum absolute atomic E-state index is 12.6. The molecular formula is C14H16BrN5O3. The number of hydrogen-bond acceptors (Lipinski definition) is 7. The molecule has 0 radical (unpaired) electrons. The summed E-state index contributed by atoms with van der Waals surface area (Å²) in [5.41, 5.74) is 1.08. The molecule has 1 unspecified atom stereocenters. The molecule has 3 heterocycles. The highest BCUT2D eigenvalue weighted by atomic mass is 79.9. The summed E-state index contributed by atoms with van der Waals surface area (Å²) in [6.45, 7) is 4.21. The van der Waals surface area contributed by atoms with Gasteiger partial charge in [0.2, 0.25) is 5.95 Å². The molecule has 0 fully saturated rings. The van der Waals surface area contributed by atoms with Gasteiger partial charge in [-0.15, -0.1) is 0 Å². The lowest BCUT2D eigenvalue weighted by atomic mass is 10.0. The van der Waals surface area contributed by atoms with E-state index in [2.05, 4.69) is 36.8 Å². The third-order valence-electron chi connectivity index (χ3n) is 3.53. The van der Waals surface area contributed by atoms with Crippen LogP contribution in [0.3, 0.4) is 0 Å². The van der Waals surface area contributed by atoms with Crippen LogP contribution < -0.4 is 5.32 Å². The van der Waals surface area contributed by atoms with E-state index in [-0.39, 0.29) is 0 Å². The van der Waals surface area contributed by atoms with E-state index in [9.17, 15) is 4.79 Å². The van der Waals surface area contributed by atoms with Crippen molar-refractivity contribution >= 4 is 27.8 Å². The molecule has 122 valence electrons. The molecule has 1 aliphatic rings. The maximum Gasteiger partial charge on any atom is 0.338 e. The summed E-state index contributed by atoms with van der Waals surface area (Å²) in [7, 11) is 0. The Balaban J connectivity index is 1.98. The Bertz CT molecular complexity index is 751. The van der Waals surface area contributed by atoms with Gasteiger partial charge in [0.1, 0.15) is 11.8 Å². The van der Waals surface area contributed by atoms with E-state index in [4.69, 9.17) is 9.15 Å². The molecule has 0 spiro atoms. The fourth-order valence-electron chi connectivity index (χ4n) is 2.40. The summed E-state index contributed by atoms with van der Waals surface area (Å²) in [6.07, 6.45) is 1.77. The van der Waals surface area contributed by atoms with Gasteiger partial charge in [0.25, 0.3) is 0 Å². The van der Waals surface area contributed by atoms with Crippen LogP contribution in [0.4, 0.5) is 5.95 Å². The highest BCUT2D eigenvalue weighted by molar-refractivity contribution is 9.10. The van der Waals surface area contributed by atoms with Crippen molar-refractivity contribution in [3.63, 3.8) is 0 Å². The quantitative estimate of drug-likeness (QED) is 0.628. The molecule has 1 N–H and O–H groups in total. The van der Waals surface area contributed by atoms with Gasteiger partial charge in [0, 0.05) is 5.70 Å². The lowest BCUT2D eigenvalue weighted by Gasteiger charge is -2.25. The van der Waals surface area contributed by atoms with Gasteiger partial charge in [0.15, 0.2) is 4.67 Å². The first kappa shape index (κ1) is 15.7. The second-order valence-electron chi connectivity index (χ2n) is 5.14. The number of rotatable bonds is 5. The largest absolute Gasteiger partial charge is 0.462 e. The maximum atomic E-state index is 12.6.